The zero-order valence-corrected chi connectivity index (χ0v) is 15.1. The number of carbonyl (C=O) groups excluding carboxylic acids is 1. The van der Waals surface area contributed by atoms with E-state index in [4.69, 9.17) is 4.42 Å². The SMILES string of the molecule is CC(C)c1cnc(CN2CCC[C@@H](C(=O)NC3CCCCC3)C2)o1. The maximum Gasteiger partial charge on any atom is 0.224 e. The summed E-state index contributed by atoms with van der Waals surface area (Å²) in [6, 6.07) is 0.405. The summed E-state index contributed by atoms with van der Waals surface area (Å²) in [5, 5.41) is 3.29. The summed E-state index contributed by atoms with van der Waals surface area (Å²) in [5.74, 6) is 2.43. The Hall–Kier alpha value is -1.36. The van der Waals surface area contributed by atoms with E-state index in [0.29, 0.717) is 18.5 Å². The van der Waals surface area contributed by atoms with Crippen molar-refractivity contribution in [3.8, 4) is 0 Å². The van der Waals surface area contributed by atoms with Gasteiger partial charge in [0.15, 0.2) is 0 Å². The number of hydrogen-bond donors (Lipinski definition) is 1. The summed E-state index contributed by atoms with van der Waals surface area (Å²) in [6.07, 6.45) is 10.0. The highest BCUT2D eigenvalue weighted by atomic mass is 16.4. The smallest absolute Gasteiger partial charge is 0.224 e. The first-order valence-electron chi connectivity index (χ1n) is 9.59. The number of aromatic nitrogens is 1. The number of hydrogen-bond acceptors (Lipinski definition) is 4. The summed E-state index contributed by atoms with van der Waals surface area (Å²) < 4.78 is 5.81. The van der Waals surface area contributed by atoms with Crippen LogP contribution in [0.4, 0.5) is 0 Å². The van der Waals surface area contributed by atoms with Gasteiger partial charge in [-0.2, -0.15) is 0 Å². The van der Waals surface area contributed by atoms with Gasteiger partial charge in [0.25, 0.3) is 0 Å². The molecule has 1 amide bonds. The topological polar surface area (TPSA) is 58.4 Å². The zero-order chi connectivity index (χ0) is 16.9. The fraction of sp³-hybridized carbons (Fsp3) is 0.789. The van der Waals surface area contributed by atoms with Crippen molar-refractivity contribution in [2.75, 3.05) is 13.1 Å². The molecule has 0 bridgehead atoms. The molecule has 2 fully saturated rings. The van der Waals surface area contributed by atoms with E-state index >= 15 is 0 Å². The number of rotatable bonds is 5. The predicted molar refractivity (Wildman–Crippen MR) is 93.6 cm³/mol. The number of likely N-dealkylation sites (tertiary alicyclic amines) is 1. The van der Waals surface area contributed by atoms with Gasteiger partial charge < -0.3 is 9.73 Å². The Kier molecular flexibility index (Phi) is 5.93. The highest BCUT2D eigenvalue weighted by molar-refractivity contribution is 5.79. The molecular weight excluding hydrogens is 302 g/mol. The van der Waals surface area contributed by atoms with Crippen molar-refractivity contribution in [3.05, 3.63) is 17.8 Å². The minimum absolute atomic E-state index is 0.111. The molecule has 24 heavy (non-hydrogen) atoms. The lowest BCUT2D eigenvalue weighted by Gasteiger charge is -2.32. The van der Waals surface area contributed by atoms with Gasteiger partial charge in [0.1, 0.15) is 5.76 Å². The normalized spacial score (nSPS) is 23.5. The van der Waals surface area contributed by atoms with Crippen LogP contribution < -0.4 is 5.32 Å². The Morgan fingerprint density at radius 3 is 2.79 bits per heavy atom. The zero-order valence-electron chi connectivity index (χ0n) is 15.1. The summed E-state index contributed by atoms with van der Waals surface area (Å²) >= 11 is 0. The average molecular weight is 333 g/mol. The molecule has 1 aromatic heterocycles. The second kappa shape index (κ2) is 8.15. The van der Waals surface area contributed by atoms with Crippen molar-refractivity contribution in [2.24, 2.45) is 5.92 Å². The molecule has 1 aliphatic carbocycles. The Morgan fingerprint density at radius 1 is 1.29 bits per heavy atom. The predicted octanol–water partition coefficient (Wildman–Crippen LogP) is 3.46. The fourth-order valence-electron chi connectivity index (χ4n) is 3.83. The van der Waals surface area contributed by atoms with E-state index in [1.165, 1.54) is 19.3 Å². The second-order valence-electron chi connectivity index (χ2n) is 7.73. The van der Waals surface area contributed by atoms with Crippen LogP contribution in [0, 0.1) is 5.92 Å². The van der Waals surface area contributed by atoms with Gasteiger partial charge >= 0.3 is 0 Å². The standard InChI is InChI=1S/C19H31N3O2/c1-14(2)17-11-20-18(24-17)13-22-10-6-7-15(12-22)19(23)21-16-8-4-3-5-9-16/h11,14-16H,3-10,12-13H2,1-2H3,(H,21,23)/t15-/m1/s1. The summed E-state index contributed by atoms with van der Waals surface area (Å²) in [5.41, 5.74) is 0. The first-order chi connectivity index (χ1) is 11.6. The number of carbonyl (C=O) groups is 1. The fourth-order valence-corrected chi connectivity index (χ4v) is 3.83. The van der Waals surface area contributed by atoms with Crippen LogP contribution in [0.15, 0.2) is 10.6 Å². The van der Waals surface area contributed by atoms with Gasteiger partial charge in [0.05, 0.1) is 18.7 Å². The van der Waals surface area contributed by atoms with Crippen molar-refractivity contribution >= 4 is 5.91 Å². The maximum absolute atomic E-state index is 12.6. The maximum atomic E-state index is 12.6. The first kappa shape index (κ1) is 17.5. The van der Waals surface area contributed by atoms with Crippen molar-refractivity contribution in [3.63, 3.8) is 0 Å². The second-order valence-corrected chi connectivity index (χ2v) is 7.73. The lowest BCUT2D eigenvalue weighted by Crippen LogP contribution is -2.46. The van der Waals surface area contributed by atoms with Gasteiger partial charge in [-0.3, -0.25) is 9.69 Å². The van der Waals surface area contributed by atoms with E-state index < -0.39 is 0 Å². The Labute approximate surface area is 145 Å². The first-order valence-corrected chi connectivity index (χ1v) is 9.59. The molecule has 1 aromatic rings. The molecular formula is C19H31N3O2. The molecule has 0 spiro atoms. The summed E-state index contributed by atoms with van der Waals surface area (Å²) in [7, 11) is 0. The molecule has 1 N–H and O–H groups in total. The Balaban J connectivity index is 1.50. The monoisotopic (exact) mass is 333 g/mol. The number of nitrogens with one attached hydrogen (secondary N) is 1. The van der Waals surface area contributed by atoms with Crippen LogP contribution in [0.5, 0.6) is 0 Å². The third-order valence-corrected chi connectivity index (χ3v) is 5.33. The minimum atomic E-state index is 0.111. The number of piperidine rings is 1. The largest absolute Gasteiger partial charge is 0.444 e. The molecule has 5 nitrogen and oxygen atoms in total. The molecule has 0 aromatic carbocycles. The van der Waals surface area contributed by atoms with Gasteiger partial charge in [-0.1, -0.05) is 33.1 Å². The van der Waals surface area contributed by atoms with Crippen LogP contribution in [0.2, 0.25) is 0 Å². The van der Waals surface area contributed by atoms with Crippen molar-refractivity contribution in [1.29, 1.82) is 0 Å². The quantitative estimate of drug-likeness (QED) is 0.896. The highest BCUT2D eigenvalue weighted by Gasteiger charge is 2.28. The lowest BCUT2D eigenvalue weighted by atomic mass is 9.93. The molecule has 0 radical (unpaired) electrons. The third-order valence-electron chi connectivity index (χ3n) is 5.33. The van der Waals surface area contributed by atoms with Gasteiger partial charge in [-0.15, -0.1) is 0 Å². The van der Waals surface area contributed by atoms with Gasteiger partial charge in [0, 0.05) is 18.5 Å². The van der Waals surface area contributed by atoms with Crippen molar-refractivity contribution in [1.82, 2.24) is 15.2 Å². The molecule has 1 saturated carbocycles. The van der Waals surface area contributed by atoms with Crippen LogP contribution in [-0.4, -0.2) is 34.9 Å². The summed E-state index contributed by atoms with van der Waals surface area (Å²) in [4.78, 5) is 19.3. The van der Waals surface area contributed by atoms with Gasteiger partial charge in [0.2, 0.25) is 11.8 Å². The van der Waals surface area contributed by atoms with E-state index in [0.717, 1.165) is 50.4 Å². The van der Waals surface area contributed by atoms with E-state index in [2.05, 4.69) is 29.0 Å². The van der Waals surface area contributed by atoms with E-state index in [9.17, 15) is 4.79 Å². The van der Waals surface area contributed by atoms with Gasteiger partial charge in [-0.05, 0) is 32.2 Å². The molecule has 5 heteroatoms. The number of amides is 1. The third kappa shape index (κ3) is 4.59. The van der Waals surface area contributed by atoms with Gasteiger partial charge in [-0.25, -0.2) is 4.98 Å². The van der Waals surface area contributed by atoms with Crippen LogP contribution >= 0.6 is 0 Å². The number of nitrogens with zero attached hydrogens (tertiary/aromatic N) is 2. The molecule has 1 aliphatic heterocycles. The van der Waals surface area contributed by atoms with E-state index in [1.807, 2.05) is 6.20 Å². The summed E-state index contributed by atoms with van der Waals surface area (Å²) in [6.45, 7) is 6.76. The molecule has 0 unspecified atom stereocenters. The number of oxazole rings is 1. The Bertz CT molecular complexity index is 534. The molecule has 134 valence electrons. The Morgan fingerprint density at radius 2 is 2.08 bits per heavy atom. The van der Waals surface area contributed by atoms with Crippen LogP contribution in [0.1, 0.15) is 76.4 Å². The molecule has 3 rings (SSSR count). The van der Waals surface area contributed by atoms with Crippen molar-refractivity contribution < 1.29 is 9.21 Å². The van der Waals surface area contributed by atoms with Crippen LogP contribution in [0.25, 0.3) is 0 Å². The molecule has 2 heterocycles. The highest BCUT2D eigenvalue weighted by Crippen LogP contribution is 2.22. The van der Waals surface area contributed by atoms with E-state index in [-0.39, 0.29) is 11.8 Å². The van der Waals surface area contributed by atoms with Crippen LogP contribution in [-0.2, 0) is 11.3 Å². The van der Waals surface area contributed by atoms with Crippen LogP contribution in [0.3, 0.4) is 0 Å². The molecule has 2 aliphatic rings. The lowest BCUT2D eigenvalue weighted by molar-refractivity contribution is -0.127. The average Bonchev–Trinajstić information content (AvgIpc) is 3.05. The minimum Gasteiger partial charge on any atom is -0.444 e. The van der Waals surface area contributed by atoms with E-state index in [1.54, 1.807) is 0 Å². The molecule has 1 saturated heterocycles. The van der Waals surface area contributed by atoms with Crippen molar-refractivity contribution in [2.45, 2.75) is 77.3 Å². The molecule has 1 atom stereocenters.